The van der Waals surface area contributed by atoms with Crippen LogP contribution < -0.4 is 10.7 Å². The van der Waals surface area contributed by atoms with Gasteiger partial charge < -0.3 is 4.74 Å². The predicted molar refractivity (Wildman–Crippen MR) is 49.1 cm³/mol. The topological polar surface area (TPSA) is 76.3 Å². The first-order valence-electron chi connectivity index (χ1n) is 4.20. The van der Waals surface area contributed by atoms with E-state index < -0.39 is 0 Å². The fraction of sp³-hybridized carbons (Fsp3) is 0. The number of rotatable bonds is 2. The smallest absolute Gasteiger partial charge is 0.298 e. The van der Waals surface area contributed by atoms with Crippen LogP contribution in [0.2, 0.25) is 0 Å². The van der Waals surface area contributed by atoms with Crippen molar-refractivity contribution in [2.75, 3.05) is 0 Å². The Morgan fingerprint density at radius 2 is 2.27 bits per heavy atom. The van der Waals surface area contributed by atoms with Crippen molar-refractivity contribution < 1.29 is 9.53 Å². The Bertz CT molecular complexity index is 630. The van der Waals surface area contributed by atoms with E-state index in [2.05, 4.69) is 20.4 Å². The number of pyridine rings is 1. The minimum Gasteiger partial charge on any atom is -0.429 e. The maximum absolute atomic E-state index is 10.2. The molecule has 1 aromatic rings. The molecule has 0 atom stereocenters. The number of ether oxygens (including phenoxy) is 1. The van der Waals surface area contributed by atoms with Gasteiger partial charge in [-0.3, -0.25) is 4.79 Å². The molecule has 2 heterocycles. The number of carbonyl (C=O) groups excluding carboxylic acids is 1. The van der Waals surface area contributed by atoms with E-state index in [9.17, 15) is 4.79 Å². The lowest BCUT2D eigenvalue weighted by atomic mass is 10.2. The number of fused-ring (bicyclic) bond motifs is 3. The standard InChI is InChI=1S/C9H4N4O2/c14-4-15-6-1-5-3-10-9-8(7(5)2-6)11-13-12-9/h1-4H. The predicted octanol–water partition coefficient (Wildman–Crippen LogP) is 0.0215. The SMILES string of the molecule is O=COC1=Cc2c3c(ncc2=C1)=NN=N3. The van der Waals surface area contributed by atoms with E-state index in [1.165, 1.54) is 0 Å². The van der Waals surface area contributed by atoms with E-state index in [1.54, 1.807) is 18.3 Å². The summed E-state index contributed by atoms with van der Waals surface area (Å²) in [5.41, 5.74) is 1.95. The quantitative estimate of drug-likeness (QED) is 0.631. The van der Waals surface area contributed by atoms with E-state index >= 15 is 0 Å². The second kappa shape index (κ2) is 2.81. The molecule has 0 N–H and O–H groups in total. The maximum atomic E-state index is 10.2. The maximum Gasteiger partial charge on any atom is 0.298 e. The highest BCUT2D eigenvalue weighted by Crippen LogP contribution is 2.20. The fourth-order valence-corrected chi connectivity index (χ4v) is 1.53. The average molecular weight is 200 g/mol. The first kappa shape index (κ1) is 7.98. The van der Waals surface area contributed by atoms with Crippen LogP contribution in [0.5, 0.6) is 0 Å². The second-order valence-electron chi connectivity index (χ2n) is 2.99. The van der Waals surface area contributed by atoms with Gasteiger partial charge in [0.05, 0.1) is 0 Å². The van der Waals surface area contributed by atoms with E-state index in [0.717, 1.165) is 10.8 Å². The first-order valence-corrected chi connectivity index (χ1v) is 4.20. The molecule has 0 saturated carbocycles. The van der Waals surface area contributed by atoms with Crippen LogP contribution in [0.1, 0.15) is 5.56 Å². The van der Waals surface area contributed by atoms with Crippen LogP contribution >= 0.6 is 0 Å². The molecule has 0 spiro atoms. The van der Waals surface area contributed by atoms with Crippen LogP contribution in [0.15, 0.2) is 27.4 Å². The largest absolute Gasteiger partial charge is 0.429 e. The summed E-state index contributed by atoms with van der Waals surface area (Å²) in [6, 6.07) is 0. The van der Waals surface area contributed by atoms with Crippen molar-refractivity contribution in [1.29, 1.82) is 0 Å². The lowest BCUT2D eigenvalue weighted by Crippen LogP contribution is -2.14. The molecule has 1 aliphatic carbocycles. The summed E-state index contributed by atoms with van der Waals surface area (Å²) in [6.45, 7) is 0.383. The lowest BCUT2D eigenvalue weighted by Gasteiger charge is -1.92. The zero-order valence-corrected chi connectivity index (χ0v) is 7.41. The van der Waals surface area contributed by atoms with Gasteiger partial charge in [0.25, 0.3) is 6.47 Å². The lowest BCUT2D eigenvalue weighted by molar-refractivity contribution is -0.124. The molecule has 0 aromatic carbocycles. The monoisotopic (exact) mass is 200 g/mol. The molecule has 0 amide bonds. The Morgan fingerprint density at radius 3 is 3.13 bits per heavy atom. The third kappa shape index (κ3) is 1.08. The average Bonchev–Trinajstić information content (AvgIpc) is 2.80. The minimum absolute atomic E-state index is 0.383. The first-order chi connectivity index (χ1) is 7.38. The minimum atomic E-state index is 0.383. The fourth-order valence-electron chi connectivity index (χ4n) is 1.53. The van der Waals surface area contributed by atoms with Gasteiger partial charge in [-0.15, -0.1) is 10.2 Å². The van der Waals surface area contributed by atoms with Crippen LogP contribution in [0, 0.1) is 0 Å². The van der Waals surface area contributed by atoms with Gasteiger partial charge in [-0.05, 0) is 17.4 Å². The van der Waals surface area contributed by atoms with Gasteiger partial charge in [-0.25, -0.2) is 4.98 Å². The van der Waals surface area contributed by atoms with Gasteiger partial charge in [0.2, 0.25) is 5.49 Å². The van der Waals surface area contributed by atoms with Crippen molar-refractivity contribution in [3.8, 4) is 0 Å². The third-order valence-electron chi connectivity index (χ3n) is 2.16. The Kier molecular flexibility index (Phi) is 1.49. The van der Waals surface area contributed by atoms with Crippen molar-refractivity contribution >= 4 is 24.3 Å². The molecule has 0 unspecified atom stereocenters. The number of allylic oxidation sites excluding steroid dienone is 1. The molecule has 6 heteroatoms. The summed E-state index contributed by atoms with van der Waals surface area (Å²) in [6.07, 6.45) is 5.07. The van der Waals surface area contributed by atoms with Gasteiger partial charge in [-0.2, -0.15) is 0 Å². The molecule has 3 rings (SSSR count). The van der Waals surface area contributed by atoms with E-state index in [0.29, 0.717) is 23.4 Å². The molecule has 0 fully saturated rings. The van der Waals surface area contributed by atoms with Crippen molar-refractivity contribution in [3.05, 3.63) is 28.2 Å². The molecule has 0 bridgehead atoms. The molecule has 6 nitrogen and oxygen atoms in total. The number of aromatic nitrogens is 1. The Hall–Kier alpha value is -2.37. The Morgan fingerprint density at radius 1 is 1.33 bits per heavy atom. The number of nitrogens with zero attached hydrogens (tertiary/aromatic N) is 4. The van der Waals surface area contributed by atoms with Crippen molar-refractivity contribution in [3.63, 3.8) is 0 Å². The molecule has 2 aliphatic rings. The van der Waals surface area contributed by atoms with Crippen LogP contribution in [0.3, 0.4) is 0 Å². The summed E-state index contributed by atoms with van der Waals surface area (Å²) in [5.74, 6) is 0.470. The summed E-state index contributed by atoms with van der Waals surface area (Å²) in [7, 11) is 0. The zero-order valence-electron chi connectivity index (χ0n) is 7.41. The molecular weight excluding hydrogens is 196 g/mol. The summed E-state index contributed by atoms with van der Waals surface area (Å²) < 4.78 is 4.74. The van der Waals surface area contributed by atoms with Crippen molar-refractivity contribution in [2.24, 2.45) is 15.4 Å². The molecule has 0 saturated heterocycles. The molecule has 72 valence electrons. The molecular formula is C9H4N4O2. The van der Waals surface area contributed by atoms with Crippen LogP contribution in [-0.2, 0) is 9.53 Å². The number of carbonyl (C=O) groups is 1. The highest BCUT2D eigenvalue weighted by molar-refractivity contribution is 5.77. The van der Waals surface area contributed by atoms with E-state index in [4.69, 9.17) is 4.74 Å². The summed E-state index contributed by atoms with van der Waals surface area (Å²) >= 11 is 0. The van der Waals surface area contributed by atoms with Gasteiger partial charge in [-0.1, -0.05) is 0 Å². The third-order valence-corrected chi connectivity index (χ3v) is 2.16. The Labute approximate surface area is 83.3 Å². The van der Waals surface area contributed by atoms with Crippen LogP contribution in [0.25, 0.3) is 12.2 Å². The molecule has 1 aromatic heterocycles. The summed E-state index contributed by atoms with van der Waals surface area (Å²) in [5, 5.41) is 12.0. The van der Waals surface area contributed by atoms with Crippen LogP contribution in [0.4, 0.5) is 5.69 Å². The van der Waals surface area contributed by atoms with Gasteiger partial charge >= 0.3 is 0 Å². The number of hydrogen-bond donors (Lipinski definition) is 0. The van der Waals surface area contributed by atoms with Gasteiger partial charge in [0.15, 0.2) is 0 Å². The highest BCUT2D eigenvalue weighted by Gasteiger charge is 2.15. The zero-order chi connectivity index (χ0) is 10.3. The van der Waals surface area contributed by atoms with Gasteiger partial charge in [0.1, 0.15) is 11.4 Å². The molecule has 15 heavy (non-hydrogen) atoms. The van der Waals surface area contributed by atoms with Gasteiger partial charge in [0, 0.05) is 17.0 Å². The highest BCUT2D eigenvalue weighted by atomic mass is 16.5. The normalized spacial score (nSPS) is 14.8. The second-order valence-corrected chi connectivity index (χ2v) is 2.99. The number of hydrogen-bond acceptors (Lipinski definition) is 6. The Balaban J connectivity index is 2.24. The van der Waals surface area contributed by atoms with Crippen molar-refractivity contribution in [2.45, 2.75) is 0 Å². The molecule has 0 radical (unpaired) electrons. The summed E-state index contributed by atoms with van der Waals surface area (Å²) in [4.78, 5) is 14.2. The van der Waals surface area contributed by atoms with Crippen LogP contribution in [-0.4, -0.2) is 11.5 Å². The van der Waals surface area contributed by atoms with Crippen molar-refractivity contribution in [1.82, 2.24) is 4.98 Å². The molecule has 1 aliphatic heterocycles. The van der Waals surface area contributed by atoms with E-state index in [1.807, 2.05) is 0 Å². The van der Waals surface area contributed by atoms with E-state index in [-0.39, 0.29) is 0 Å².